The Morgan fingerprint density at radius 1 is 0.833 bits per heavy atom. The maximum absolute atomic E-state index is 14.0. The van der Waals surface area contributed by atoms with Gasteiger partial charge in [-0.05, 0) is 36.1 Å². The number of hydrogen-bond acceptors (Lipinski definition) is 3. The van der Waals surface area contributed by atoms with Crippen LogP contribution in [0, 0.1) is 5.41 Å². The number of piperidine rings is 1. The minimum absolute atomic E-state index is 0.0386. The van der Waals surface area contributed by atoms with E-state index >= 15 is 0 Å². The van der Waals surface area contributed by atoms with Gasteiger partial charge in [0, 0.05) is 23.6 Å². The van der Waals surface area contributed by atoms with Crippen molar-refractivity contribution in [3.63, 3.8) is 0 Å². The first kappa shape index (κ1) is 18.9. The van der Waals surface area contributed by atoms with Gasteiger partial charge in [-0.2, -0.15) is 0 Å². The number of para-hydroxylation sites is 1. The van der Waals surface area contributed by atoms with E-state index in [0.29, 0.717) is 11.4 Å². The van der Waals surface area contributed by atoms with Gasteiger partial charge in [0.15, 0.2) is 5.78 Å². The van der Waals surface area contributed by atoms with Crippen molar-refractivity contribution in [2.24, 2.45) is 5.41 Å². The van der Waals surface area contributed by atoms with Crippen molar-refractivity contribution in [3.05, 3.63) is 102 Å². The number of nitrogens with zero attached hydrogens (tertiary/aromatic N) is 1. The molecule has 4 heteroatoms. The van der Waals surface area contributed by atoms with Crippen molar-refractivity contribution < 1.29 is 9.59 Å². The molecule has 2 aliphatic rings. The van der Waals surface area contributed by atoms with E-state index < -0.39 is 5.41 Å². The summed E-state index contributed by atoms with van der Waals surface area (Å²) in [6, 6.07) is 27.1. The second kappa shape index (κ2) is 7.29. The fourth-order valence-corrected chi connectivity index (χ4v) is 5.55. The number of amides is 1. The molecule has 0 aromatic heterocycles. The SMILES string of the molecule is O=C1C[C@@H](c2ccccc2)[C@@]2(CCc3ccccc3C2=O)C(=S)N1c1ccccc1. The third kappa shape index (κ3) is 2.75. The number of Topliss-reactive ketones (excluding diaryl/α,β-unsaturated/α-hetero) is 1. The van der Waals surface area contributed by atoms with Crippen LogP contribution in [0.1, 0.15) is 40.2 Å². The Hall–Kier alpha value is -3.11. The summed E-state index contributed by atoms with van der Waals surface area (Å²) in [6.07, 6.45) is 1.63. The molecule has 1 amide bonds. The first-order valence-corrected chi connectivity index (χ1v) is 10.6. The van der Waals surface area contributed by atoms with Gasteiger partial charge >= 0.3 is 0 Å². The van der Waals surface area contributed by atoms with Crippen molar-refractivity contribution in [1.29, 1.82) is 0 Å². The molecule has 3 nitrogen and oxygen atoms in total. The molecule has 0 N–H and O–H groups in total. The number of hydrogen-bond donors (Lipinski definition) is 0. The molecule has 30 heavy (non-hydrogen) atoms. The lowest BCUT2D eigenvalue weighted by atomic mass is 9.58. The number of aryl methyl sites for hydroxylation is 1. The maximum Gasteiger partial charge on any atom is 0.232 e. The van der Waals surface area contributed by atoms with Gasteiger partial charge in [0.25, 0.3) is 0 Å². The Morgan fingerprint density at radius 3 is 2.20 bits per heavy atom. The molecular formula is C26H21NO2S. The summed E-state index contributed by atoms with van der Waals surface area (Å²) in [5.74, 6) is -0.284. The normalized spacial score (nSPS) is 23.5. The van der Waals surface area contributed by atoms with Crippen molar-refractivity contribution in [2.45, 2.75) is 25.2 Å². The quantitative estimate of drug-likeness (QED) is 0.534. The molecule has 0 saturated carbocycles. The van der Waals surface area contributed by atoms with Crippen LogP contribution in [0.25, 0.3) is 0 Å². The molecule has 0 radical (unpaired) electrons. The van der Waals surface area contributed by atoms with E-state index in [1.165, 1.54) is 0 Å². The predicted molar refractivity (Wildman–Crippen MR) is 122 cm³/mol. The molecule has 1 spiro atoms. The third-order valence-corrected chi connectivity index (χ3v) is 7.03. The summed E-state index contributed by atoms with van der Waals surface area (Å²) in [4.78, 5) is 29.4. The zero-order valence-corrected chi connectivity index (χ0v) is 17.3. The van der Waals surface area contributed by atoms with Gasteiger partial charge in [-0.25, -0.2) is 0 Å². The number of anilines is 1. The lowest BCUT2D eigenvalue weighted by Gasteiger charge is -2.49. The fraction of sp³-hybridized carbons (Fsp3) is 0.192. The Kier molecular flexibility index (Phi) is 4.59. The van der Waals surface area contributed by atoms with Gasteiger partial charge in [-0.15, -0.1) is 0 Å². The van der Waals surface area contributed by atoms with Crippen molar-refractivity contribution in [3.8, 4) is 0 Å². The van der Waals surface area contributed by atoms with Crippen molar-refractivity contribution >= 4 is 34.6 Å². The zero-order chi connectivity index (χ0) is 20.7. The molecule has 1 heterocycles. The van der Waals surface area contributed by atoms with Crippen molar-refractivity contribution in [2.75, 3.05) is 4.90 Å². The number of fused-ring (bicyclic) bond motifs is 1. The molecule has 0 unspecified atom stereocenters. The Balaban J connectivity index is 1.70. The molecule has 148 valence electrons. The van der Waals surface area contributed by atoms with E-state index in [1.54, 1.807) is 4.90 Å². The van der Waals surface area contributed by atoms with Gasteiger partial charge in [-0.1, -0.05) is 85.0 Å². The van der Waals surface area contributed by atoms with Gasteiger partial charge in [-0.3, -0.25) is 14.5 Å². The van der Waals surface area contributed by atoms with Gasteiger partial charge in [0.05, 0.1) is 5.41 Å². The second-order valence-corrected chi connectivity index (χ2v) is 8.38. The van der Waals surface area contributed by atoms with Crippen LogP contribution in [0.15, 0.2) is 84.9 Å². The average molecular weight is 412 g/mol. The van der Waals surface area contributed by atoms with E-state index in [1.807, 2.05) is 84.9 Å². The number of thiocarbonyl (C=S) groups is 1. The summed E-state index contributed by atoms with van der Waals surface area (Å²) in [5, 5.41) is 0. The molecule has 1 aliphatic heterocycles. The lowest BCUT2D eigenvalue weighted by molar-refractivity contribution is -0.119. The monoisotopic (exact) mass is 411 g/mol. The molecule has 1 fully saturated rings. The first-order valence-electron chi connectivity index (χ1n) is 10.2. The highest BCUT2D eigenvalue weighted by Gasteiger charge is 2.57. The van der Waals surface area contributed by atoms with Crippen LogP contribution < -0.4 is 4.90 Å². The zero-order valence-electron chi connectivity index (χ0n) is 16.5. The molecule has 0 bridgehead atoms. The van der Waals surface area contributed by atoms with Crippen LogP contribution in [-0.2, 0) is 11.2 Å². The number of benzene rings is 3. The van der Waals surface area contributed by atoms with E-state index in [0.717, 1.165) is 28.8 Å². The van der Waals surface area contributed by atoms with Crippen LogP contribution in [0.5, 0.6) is 0 Å². The van der Waals surface area contributed by atoms with E-state index in [2.05, 4.69) is 0 Å². The fourth-order valence-electron chi connectivity index (χ4n) is 5.01. The maximum atomic E-state index is 14.0. The first-order chi connectivity index (χ1) is 14.6. The summed E-state index contributed by atoms with van der Waals surface area (Å²) in [6.45, 7) is 0. The highest BCUT2D eigenvalue weighted by molar-refractivity contribution is 7.80. The van der Waals surface area contributed by atoms with E-state index in [4.69, 9.17) is 12.2 Å². The van der Waals surface area contributed by atoms with Crippen LogP contribution >= 0.6 is 12.2 Å². The number of ketones is 1. The Morgan fingerprint density at radius 2 is 1.47 bits per heavy atom. The van der Waals surface area contributed by atoms with Crippen LogP contribution in [0.2, 0.25) is 0 Å². The smallest absolute Gasteiger partial charge is 0.232 e. The number of rotatable bonds is 2. The molecule has 5 rings (SSSR count). The highest BCUT2D eigenvalue weighted by Crippen LogP contribution is 2.52. The molecule has 1 saturated heterocycles. The number of carbonyl (C=O) groups is 2. The van der Waals surface area contributed by atoms with Gasteiger partial charge < -0.3 is 0 Å². The minimum atomic E-state index is -0.908. The molecule has 3 aromatic carbocycles. The van der Waals surface area contributed by atoms with Crippen molar-refractivity contribution in [1.82, 2.24) is 0 Å². The molecule has 3 aromatic rings. The topological polar surface area (TPSA) is 37.4 Å². The second-order valence-electron chi connectivity index (χ2n) is 7.99. The minimum Gasteiger partial charge on any atom is -0.293 e. The standard InChI is InChI=1S/C26H21NO2S/c28-23-17-22(19-10-3-1-4-11-19)26(25(30)27(23)20-12-5-2-6-13-20)16-15-18-9-7-8-14-21(18)24(26)29/h1-14,22H,15-17H2/t22-,26+/m0/s1. The largest absolute Gasteiger partial charge is 0.293 e. The Bertz CT molecular complexity index is 1140. The summed E-state index contributed by atoms with van der Waals surface area (Å²) >= 11 is 5.99. The average Bonchev–Trinajstić information content (AvgIpc) is 2.79. The highest BCUT2D eigenvalue weighted by atomic mass is 32.1. The Labute approximate surface area is 181 Å². The van der Waals surface area contributed by atoms with E-state index in [9.17, 15) is 9.59 Å². The predicted octanol–water partition coefficient (Wildman–Crippen LogP) is 5.35. The molecule has 2 atom stereocenters. The van der Waals surface area contributed by atoms with Crippen LogP contribution in [0.4, 0.5) is 5.69 Å². The summed E-state index contributed by atoms with van der Waals surface area (Å²) in [7, 11) is 0. The summed E-state index contributed by atoms with van der Waals surface area (Å²) in [5.41, 5.74) is 2.60. The number of carbonyl (C=O) groups excluding carboxylic acids is 2. The van der Waals surface area contributed by atoms with Gasteiger partial charge in [0.2, 0.25) is 5.91 Å². The van der Waals surface area contributed by atoms with Crippen LogP contribution in [0.3, 0.4) is 0 Å². The van der Waals surface area contributed by atoms with Crippen LogP contribution in [-0.4, -0.2) is 16.7 Å². The van der Waals surface area contributed by atoms with Gasteiger partial charge in [0.1, 0.15) is 4.99 Å². The third-order valence-electron chi connectivity index (χ3n) is 6.48. The van der Waals surface area contributed by atoms with E-state index in [-0.39, 0.29) is 24.0 Å². The lowest BCUT2D eigenvalue weighted by Crippen LogP contribution is -2.59. The summed E-state index contributed by atoms with van der Waals surface area (Å²) < 4.78 is 0. The molecule has 1 aliphatic carbocycles. The molecular weight excluding hydrogens is 390 g/mol.